The van der Waals surface area contributed by atoms with E-state index in [9.17, 15) is 4.79 Å². The number of carbonyl (C=O) groups excluding carboxylic acids is 1. The molecule has 1 aliphatic heterocycles. The lowest BCUT2D eigenvalue weighted by atomic mass is 10.0. The number of hydrogen-bond acceptors (Lipinski definition) is 3. The Morgan fingerprint density at radius 3 is 2.64 bits per heavy atom. The van der Waals surface area contributed by atoms with Crippen LogP contribution >= 0.6 is 23.2 Å². The van der Waals surface area contributed by atoms with Crippen molar-refractivity contribution in [3.8, 4) is 0 Å². The van der Waals surface area contributed by atoms with Gasteiger partial charge in [-0.25, -0.2) is 5.43 Å². The fraction of sp³-hybridized carbons (Fsp3) is 0.125. The summed E-state index contributed by atoms with van der Waals surface area (Å²) in [6.45, 7) is 0. The molecule has 0 unspecified atom stereocenters. The van der Waals surface area contributed by atoms with Crippen molar-refractivity contribution in [2.45, 2.75) is 12.5 Å². The van der Waals surface area contributed by atoms with E-state index in [1.807, 2.05) is 30.3 Å². The van der Waals surface area contributed by atoms with Crippen LogP contribution in [0.1, 0.15) is 12.0 Å². The molecular weight excluding hydrogens is 321 g/mol. The lowest BCUT2D eigenvalue weighted by molar-refractivity contribution is -0.122. The molecule has 0 bridgehead atoms. The highest BCUT2D eigenvalue weighted by Crippen LogP contribution is 2.27. The maximum Gasteiger partial charge on any atom is 0.262 e. The predicted molar refractivity (Wildman–Crippen MR) is 89.6 cm³/mol. The fourth-order valence-electron chi connectivity index (χ4n) is 2.26. The summed E-state index contributed by atoms with van der Waals surface area (Å²) >= 11 is 12.0. The van der Waals surface area contributed by atoms with Gasteiger partial charge in [0.2, 0.25) is 0 Å². The van der Waals surface area contributed by atoms with Crippen LogP contribution in [-0.2, 0) is 4.79 Å². The molecule has 0 aromatic heterocycles. The first-order chi connectivity index (χ1) is 10.6. The van der Waals surface area contributed by atoms with E-state index in [2.05, 4.69) is 15.8 Å². The average Bonchev–Trinajstić information content (AvgIpc) is 2.53. The molecule has 0 radical (unpaired) electrons. The third-order valence-corrected chi connectivity index (χ3v) is 3.93. The Balaban J connectivity index is 1.80. The maximum atomic E-state index is 12.0. The molecule has 1 aliphatic rings. The number of rotatable bonds is 3. The summed E-state index contributed by atoms with van der Waals surface area (Å²) in [6, 6.07) is 14.4. The van der Waals surface area contributed by atoms with Crippen molar-refractivity contribution < 1.29 is 4.79 Å². The van der Waals surface area contributed by atoms with E-state index >= 15 is 0 Å². The van der Waals surface area contributed by atoms with E-state index in [0.717, 1.165) is 11.3 Å². The number of anilines is 1. The number of hydrogen-bond donors (Lipinski definition) is 2. The van der Waals surface area contributed by atoms with Gasteiger partial charge in [-0.05, 0) is 23.8 Å². The summed E-state index contributed by atoms with van der Waals surface area (Å²) in [6.07, 6.45) is 0.481. The van der Waals surface area contributed by atoms with Crippen molar-refractivity contribution in [3.63, 3.8) is 0 Å². The van der Waals surface area contributed by atoms with Gasteiger partial charge in [0.15, 0.2) is 0 Å². The van der Waals surface area contributed by atoms with E-state index in [0.29, 0.717) is 22.2 Å². The quantitative estimate of drug-likeness (QED) is 0.899. The van der Waals surface area contributed by atoms with Gasteiger partial charge in [-0.2, -0.15) is 5.10 Å². The molecule has 0 fully saturated rings. The van der Waals surface area contributed by atoms with Crippen LogP contribution in [0.15, 0.2) is 53.6 Å². The van der Waals surface area contributed by atoms with Crippen molar-refractivity contribution in [1.29, 1.82) is 0 Å². The van der Waals surface area contributed by atoms with Gasteiger partial charge in [-0.15, -0.1) is 0 Å². The topological polar surface area (TPSA) is 53.5 Å². The van der Waals surface area contributed by atoms with Gasteiger partial charge in [0, 0.05) is 11.4 Å². The molecule has 0 saturated heterocycles. The predicted octanol–water partition coefficient (Wildman–Crippen LogP) is 3.70. The number of nitrogens with zero attached hydrogens (tertiary/aromatic N) is 1. The Hall–Kier alpha value is -2.04. The number of hydrazone groups is 1. The van der Waals surface area contributed by atoms with E-state index < -0.39 is 6.04 Å². The highest BCUT2D eigenvalue weighted by molar-refractivity contribution is 6.36. The minimum atomic E-state index is -0.439. The molecule has 6 heteroatoms. The monoisotopic (exact) mass is 333 g/mol. The molecule has 2 aromatic carbocycles. The molecule has 3 rings (SSSR count). The molecule has 1 heterocycles. The highest BCUT2D eigenvalue weighted by Gasteiger charge is 2.26. The van der Waals surface area contributed by atoms with Crippen LogP contribution in [0.3, 0.4) is 0 Å². The first-order valence-electron chi connectivity index (χ1n) is 6.77. The molecule has 112 valence electrons. The summed E-state index contributed by atoms with van der Waals surface area (Å²) in [5.41, 5.74) is 5.02. The first kappa shape index (κ1) is 14.9. The summed E-state index contributed by atoms with van der Waals surface area (Å²) < 4.78 is 0. The molecule has 22 heavy (non-hydrogen) atoms. The number of carbonyl (C=O) groups is 1. The van der Waals surface area contributed by atoms with Crippen molar-refractivity contribution >= 4 is 40.5 Å². The van der Waals surface area contributed by atoms with Crippen molar-refractivity contribution in [1.82, 2.24) is 5.43 Å². The molecule has 0 spiro atoms. The summed E-state index contributed by atoms with van der Waals surface area (Å²) in [5, 5.41) is 8.30. The van der Waals surface area contributed by atoms with E-state index in [1.165, 1.54) is 0 Å². The lowest BCUT2D eigenvalue weighted by Crippen LogP contribution is -2.43. The molecule has 4 nitrogen and oxygen atoms in total. The highest BCUT2D eigenvalue weighted by atomic mass is 35.5. The Morgan fingerprint density at radius 1 is 1.14 bits per heavy atom. The summed E-state index contributed by atoms with van der Waals surface area (Å²) in [5.74, 6) is -0.189. The van der Waals surface area contributed by atoms with Crippen LogP contribution in [-0.4, -0.2) is 17.7 Å². The minimum Gasteiger partial charge on any atom is -0.372 e. The number of benzene rings is 2. The molecule has 0 aliphatic carbocycles. The normalized spacial score (nSPS) is 17.6. The van der Waals surface area contributed by atoms with Crippen molar-refractivity contribution in [3.05, 3.63) is 64.1 Å². The van der Waals surface area contributed by atoms with Gasteiger partial charge in [0.05, 0.1) is 16.4 Å². The van der Waals surface area contributed by atoms with Gasteiger partial charge in [-0.3, -0.25) is 4.79 Å². The zero-order valence-electron chi connectivity index (χ0n) is 11.5. The Morgan fingerprint density at radius 2 is 1.91 bits per heavy atom. The average molecular weight is 334 g/mol. The number of nitrogens with one attached hydrogen (secondary N) is 2. The van der Waals surface area contributed by atoms with Crippen LogP contribution in [0, 0.1) is 0 Å². The third kappa shape index (κ3) is 3.24. The lowest BCUT2D eigenvalue weighted by Gasteiger charge is -2.24. The van der Waals surface area contributed by atoms with Crippen LogP contribution in [0.25, 0.3) is 0 Å². The Bertz CT molecular complexity index is 731. The van der Waals surface area contributed by atoms with Crippen LogP contribution in [0.2, 0.25) is 10.0 Å². The molecule has 1 amide bonds. The smallest absolute Gasteiger partial charge is 0.262 e. The summed E-state index contributed by atoms with van der Waals surface area (Å²) in [4.78, 5) is 12.0. The third-order valence-electron chi connectivity index (χ3n) is 3.38. The van der Waals surface area contributed by atoms with Crippen LogP contribution in [0.5, 0.6) is 0 Å². The van der Waals surface area contributed by atoms with E-state index in [1.54, 1.807) is 18.2 Å². The fourth-order valence-corrected chi connectivity index (χ4v) is 2.72. The largest absolute Gasteiger partial charge is 0.372 e. The second kappa shape index (κ2) is 6.38. The first-order valence-corrected chi connectivity index (χ1v) is 7.52. The van der Waals surface area contributed by atoms with E-state index in [-0.39, 0.29) is 5.91 Å². The van der Waals surface area contributed by atoms with Crippen LogP contribution in [0.4, 0.5) is 5.69 Å². The molecule has 0 saturated carbocycles. The van der Waals surface area contributed by atoms with Gasteiger partial charge in [0.1, 0.15) is 6.04 Å². The van der Waals surface area contributed by atoms with Gasteiger partial charge in [-0.1, -0.05) is 53.5 Å². The zero-order valence-corrected chi connectivity index (χ0v) is 13.0. The van der Waals surface area contributed by atoms with Gasteiger partial charge < -0.3 is 5.32 Å². The van der Waals surface area contributed by atoms with Crippen molar-refractivity contribution in [2.75, 3.05) is 5.32 Å². The number of amides is 1. The standard InChI is InChI=1S/C16H13Cl2N3O/c17-11-6-7-13(12(18)8-11)19-15-9-14(20-21-16(15)22)10-4-2-1-3-5-10/h1-8,15,19H,9H2,(H,21,22)/t15-/m0/s1. The second-order valence-electron chi connectivity index (χ2n) is 4.93. The van der Waals surface area contributed by atoms with Crippen LogP contribution < -0.4 is 10.7 Å². The van der Waals surface area contributed by atoms with Gasteiger partial charge in [0.25, 0.3) is 5.91 Å². The molecular formula is C16H13Cl2N3O. The SMILES string of the molecule is O=C1NN=C(c2ccccc2)C[C@@H]1Nc1ccc(Cl)cc1Cl. The Labute approximate surface area is 138 Å². The molecule has 2 aromatic rings. The van der Waals surface area contributed by atoms with E-state index in [4.69, 9.17) is 23.2 Å². The Kier molecular flexibility index (Phi) is 4.32. The van der Waals surface area contributed by atoms with Crippen molar-refractivity contribution in [2.24, 2.45) is 5.10 Å². The maximum absolute atomic E-state index is 12.0. The van der Waals surface area contributed by atoms with Gasteiger partial charge >= 0.3 is 0 Å². The number of halogens is 2. The molecule has 2 N–H and O–H groups in total. The minimum absolute atomic E-state index is 0.189. The second-order valence-corrected chi connectivity index (χ2v) is 5.77. The zero-order chi connectivity index (χ0) is 15.5. The summed E-state index contributed by atoms with van der Waals surface area (Å²) in [7, 11) is 0. The molecule has 1 atom stereocenters.